The van der Waals surface area contributed by atoms with Gasteiger partial charge >= 0.3 is 0 Å². The summed E-state index contributed by atoms with van der Waals surface area (Å²) in [5.74, 6) is 0.794. The van der Waals surface area contributed by atoms with Gasteiger partial charge < -0.3 is 92.9 Å². The van der Waals surface area contributed by atoms with Gasteiger partial charge in [0.25, 0.3) is 35.4 Å². The second-order valence-electron chi connectivity index (χ2n) is 33.0. The van der Waals surface area contributed by atoms with Crippen LogP contribution in [0.2, 0.25) is 0 Å². The number of ether oxygens (including phenoxy) is 6. The highest BCUT2D eigenvalue weighted by atomic mass is 16.5. The largest absolute Gasteiger partial charge is 0.508 e. The van der Waals surface area contributed by atoms with E-state index in [1.54, 1.807) is 82.0 Å². The molecule has 0 saturated heterocycles. The summed E-state index contributed by atoms with van der Waals surface area (Å²) in [4.78, 5) is 98.0. The van der Waals surface area contributed by atoms with E-state index in [-0.39, 0.29) is 90.9 Å². The van der Waals surface area contributed by atoms with E-state index in [1.807, 2.05) is 223 Å². The highest BCUT2D eigenvalue weighted by Gasteiger charge is 2.34. The predicted molar refractivity (Wildman–Crippen MR) is 497 cm³/mol. The number of fused-ring (bicyclic) bond motifs is 3. The lowest BCUT2D eigenvalue weighted by Gasteiger charge is -2.23. The van der Waals surface area contributed by atoms with Crippen molar-refractivity contribution in [1.29, 1.82) is 0 Å². The quantitative estimate of drug-likeness (QED) is 0.0282. The Bertz CT molecular complexity index is 5310. The third kappa shape index (κ3) is 28.0. The van der Waals surface area contributed by atoms with E-state index in [0.717, 1.165) is 131 Å². The number of aliphatic hydroxyl groups excluding tert-OH is 1. The minimum absolute atomic E-state index is 0.00282. The van der Waals surface area contributed by atoms with Crippen molar-refractivity contribution in [1.82, 2.24) is 44.1 Å². The fraction of sp³-hybridized carbons (Fsp3) is 0.359. The number of nitrogens with zero attached hydrogens (tertiary/aromatic N) is 9. The monoisotopic (exact) mass is 1740 g/mol. The van der Waals surface area contributed by atoms with E-state index in [1.165, 1.54) is 11.0 Å². The van der Waals surface area contributed by atoms with Crippen molar-refractivity contribution in [3.8, 4) is 51.7 Å². The van der Waals surface area contributed by atoms with Crippen LogP contribution in [-0.4, -0.2) is 222 Å². The number of hydrogen-bond donors (Lipinski definition) is 4. The van der Waals surface area contributed by atoms with Crippen molar-refractivity contribution in [2.24, 2.45) is 0 Å². The van der Waals surface area contributed by atoms with E-state index in [0.29, 0.717) is 117 Å². The number of likely N-dealkylation sites (N-methyl/N-ethyl adjacent to an activating group) is 3. The molecule has 4 N–H and O–H groups in total. The number of carbonyl (C=O) groups is 6. The predicted octanol–water partition coefficient (Wildman–Crippen LogP) is 16.0. The molecule has 678 valence electrons. The smallest absolute Gasteiger partial charge is 0.258 e. The summed E-state index contributed by atoms with van der Waals surface area (Å²) in [6.07, 6.45) is 5.42. The van der Waals surface area contributed by atoms with Gasteiger partial charge in [-0.15, -0.1) is 0 Å². The number of unbranched alkanes of at least 4 members (excludes halogenated alkanes) is 3. The van der Waals surface area contributed by atoms with Crippen LogP contribution >= 0.6 is 0 Å². The number of phenolic OH excluding ortho intramolecular Hbond substituents is 3. The molecule has 3 aliphatic heterocycles. The normalized spacial score (nSPS) is 12.2. The van der Waals surface area contributed by atoms with Crippen LogP contribution in [0.5, 0.6) is 51.7 Å². The highest BCUT2D eigenvalue weighted by molar-refractivity contribution is 6.06. The molecule has 0 aromatic heterocycles. The van der Waals surface area contributed by atoms with Crippen LogP contribution in [0.3, 0.4) is 0 Å². The fourth-order valence-corrected chi connectivity index (χ4v) is 14.4. The molecule has 0 spiro atoms. The van der Waals surface area contributed by atoms with Crippen molar-refractivity contribution in [2.45, 2.75) is 125 Å². The number of rotatable bonds is 37. The van der Waals surface area contributed by atoms with Gasteiger partial charge in [-0.1, -0.05) is 180 Å². The minimum atomic E-state index is -0.399. The van der Waals surface area contributed by atoms with E-state index in [9.17, 15) is 44.1 Å². The van der Waals surface area contributed by atoms with Gasteiger partial charge in [0.2, 0.25) is 0 Å². The number of phenols is 3. The molecule has 128 heavy (non-hydrogen) atoms. The Morgan fingerprint density at radius 2 is 0.602 bits per heavy atom. The van der Waals surface area contributed by atoms with E-state index in [2.05, 4.69) is 18.7 Å². The highest BCUT2D eigenvalue weighted by Crippen LogP contribution is 2.40. The lowest BCUT2D eigenvalue weighted by Crippen LogP contribution is -2.30. The molecule has 0 radical (unpaired) electrons. The summed E-state index contributed by atoms with van der Waals surface area (Å²) in [5.41, 5.74) is 11.1. The zero-order chi connectivity index (χ0) is 91.8. The fourth-order valence-electron chi connectivity index (χ4n) is 14.4. The van der Waals surface area contributed by atoms with Crippen LogP contribution in [0.15, 0.2) is 212 Å². The molecule has 0 aliphatic carbocycles. The van der Waals surface area contributed by atoms with Crippen LogP contribution < -0.4 is 28.4 Å². The lowest BCUT2D eigenvalue weighted by molar-refractivity contribution is 0.0736. The molecule has 10 aromatic carbocycles. The van der Waals surface area contributed by atoms with Crippen LogP contribution in [0.1, 0.15) is 177 Å². The summed E-state index contributed by atoms with van der Waals surface area (Å²) in [7, 11) is 17.1. The first-order valence-electron chi connectivity index (χ1n) is 43.8. The number of carbonyl (C=O) groups excluding carboxylic acids is 6. The van der Waals surface area contributed by atoms with Crippen molar-refractivity contribution in [3.63, 3.8) is 0 Å². The maximum atomic E-state index is 14.3. The van der Waals surface area contributed by atoms with Gasteiger partial charge in [-0.3, -0.25) is 28.8 Å². The van der Waals surface area contributed by atoms with Crippen LogP contribution in [0, 0.1) is 0 Å². The number of aromatic hydroxyl groups is 3. The van der Waals surface area contributed by atoms with Crippen LogP contribution in [-0.2, 0) is 65.7 Å². The molecule has 3 aliphatic rings. The second-order valence-corrected chi connectivity index (χ2v) is 33.0. The summed E-state index contributed by atoms with van der Waals surface area (Å²) in [6, 6.07) is 65.0. The van der Waals surface area contributed by atoms with Crippen molar-refractivity contribution < 1.29 is 77.6 Å². The van der Waals surface area contributed by atoms with Gasteiger partial charge in [0.15, 0.2) is 0 Å². The maximum Gasteiger partial charge on any atom is 0.258 e. The molecule has 0 atom stereocenters. The van der Waals surface area contributed by atoms with Gasteiger partial charge in [0, 0.05) is 118 Å². The number of hydrogen-bond acceptors (Lipinski definition) is 19. The second kappa shape index (κ2) is 48.7. The summed E-state index contributed by atoms with van der Waals surface area (Å²) < 4.78 is 36.9. The molecule has 0 fully saturated rings. The first-order valence-corrected chi connectivity index (χ1v) is 43.8. The van der Waals surface area contributed by atoms with Gasteiger partial charge in [0.1, 0.15) is 91.4 Å². The Morgan fingerprint density at radius 3 is 0.930 bits per heavy atom. The topological polar surface area (TPSA) is 268 Å². The third-order valence-corrected chi connectivity index (χ3v) is 21.9. The zero-order valence-corrected chi connectivity index (χ0v) is 76.1. The van der Waals surface area contributed by atoms with Crippen molar-refractivity contribution in [3.05, 3.63) is 301 Å². The van der Waals surface area contributed by atoms with E-state index >= 15 is 0 Å². The molecule has 25 heteroatoms. The van der Waals surface area contributed by atoms with E-state index < -0.39 is 5.91 Å². The van der Waals surface area contributed by atoms with Crippen molar-refractivity contribution in [2.75, 3.05) is 123 Å². The molecule has 0 unspecified atom stereocenters. The van der Waals surface area contributed by atoms with Gasteiger partial charge in [0.05, 0.1) is 40.0 Å². The zero-order valence-electron chi connectivity index (χ0n) is 76.1. The molecule has 6 amide bonds. The maximum absolute atomic E-state index is 14.3. The molecular formula is C103H125N9O16. The van der Waals surface area contributed by atoms with Gasteiger partial charge in [-0.2, -0.15) is 0 Å². The number of benzene rings is 10. The molecule has 13 rings (SSSR count). The standard InChI is InChI=1S/C39H45N3O5.C35H36N2O5.C25H33N3O5.C4H11NO/c1-5-6-19-41(4)38(43)34-23-35(39(44)42-25-31-17-18-33(22-32(31)26-42)45-21-20-40(2)3)37(47-28-30-15-11-8-12-16-30)24-36(34)46-27-29-13-9-7-10-14-29;1-3-4-17-36(2)34(39)30-19-31(35(40)37-21-27-15-16-29(38)18-28(27)22-37)33(42-24-26-13-9-6-10-14-26)20-32(30)41-23-25-11-7-5-8-12-25;1-5-6-9-27(4)24(31)20-13-21(23(30)14-22(20)29)25(32)28-15-17-7-8-19(12-18(17)16-28)33-11-10-26(2)3;1-5(2)3-4-6/h7-18,22-24H,5-6,19-21,25-28H2,1-4H3;5-16,18-20,38H,3-4,17,21-24H2,1-2H3;7-8,12-14,29-30H,5-6,9-11,15-16H2,1-4H3;6H,3-4H2,1-2H3. The van der Waals surface area contributed by atoms with Crippen LogP contribution in [0.25, 0.3) is 0 Å². The van der Waals surface area contributed by atoms with Gasteiger partial charge in [-0.05, 0) is 172 Å². The van der Waals surface area contributed by atoms with Crippen molar-refractivity contribution >= 4 is 35.4 Å². The first-order chi connectivity index (χ1) is 61.7. The first kappa shape index (κ1) is 97.3. The molecule has 0 saturated carbocycles. The molecule has 25 nitrogen and oxygen atoms in total. The average Bonchev–Trinajstić information content (AvgIpc) is 1.47. The average molecular weight is 1750 g/mol. The summed E-state index contributed by atoms with van der Waals surface area (Å²) in [5, 5.41) is 38.7. The third-order valence-electron chi connectivity index (χ3n) is 21.9. The van der Waals surface area contributed by atoms with Crippen LogP contribution in [0.4, 0.5) is 0 Å². The summed E-state index contributed by atoms with van der Waals surface area (Å²) in [6.45, 7) is 15.2. The summed E-state index contributed by atoms with van der Waals surface area (Å²) >= 11 is 0. The number of amides is 6. The SMILES string of the molecule is CCCCN(C)C(=O)c1cc(C(=O)N2Cc3ccc(O)cc3C2)c(OCc2ccccc2)cc1OCc1ccccc1.CCCCN(C)C(=O)c1cc(C(=O)N2Cc3ccc(OCCN(C)C)cc3C2)c(O)cc1O.CCCCN(C)C(=O)c1cc(C(=O)N2Cc3ccc(OCCN(C)C)cc3C2)c(OCc2ccccc2)cc1OCc1ccccc1.CN(C)CCO. The molecule has 3 heterocycles. The van der Waals surface area contributed by atoms with E-state index in [4.69, 9.17) is 33.5 Å². The Kier molecular flexibility index (Phi) is 37.0. The Hall–Kier alpha value is -12.9. The lowest BCUT2D eigenvalue weighted by atomic mass is 10.0. The minimum Gasteiger partial charge on any atom is -0.508 e. The Balaban J connectivity index is 0.000000196. The number of aliphatic hydroxyl groups is 1. The Labute approximate surface area is 753 Å². The molecule has 10 aromatic rings. The Morgan fingerprint density at radius 1 is 0.305 bits per heavy atom. The molecule has 0 bridgehead atoms. The van der Waals surface area contributed by atoms with Gasteiger partial charge in [-0.25, -0.2) is 0 Å². The molecular weight excluding hydrogens is 1620 g/mol.